The van der Waals surface area contributed by atoms with Gasteiger partial charge in [-0.15, -0.1) is 0 Å². The first-order valence-electron chi connectivity index (χ1n) is 7.55. The number of carbonyl (C=O) groups excluding carboxylic acids is 1. The lowest BCUT2D eigenvalue weighted by Gasteiger charge is -2.09. The molecule has 6 heteroatoms. The van der Waals surface area contributed by atoms with Crippen molar-refractivity contribution in [2.45, 2.75) is 20.4 Å². The summed E-state index contributed by atoms with van der Waals surface area (Å²) in [5.41, 5.74) is 2.41. The number of nitrogens with one attached hydrogen (secondary N) is 3. The number of pyridine rings is 2. The van der Waals surface area contributed by atoms with Crippen molar-refractivity contribution in [3.63, 3.8) is 0 Å². The van der Waals surface area contributed by atoms with Crippen molar-refractivity contribution in [3.8, 4) is 0 Å². The average molecular weight is 323 g/mol. The van der Waals surface area contributed by atoms with Gasteiger partial charge in [-0.25, -0.2) is 0 Å². The minimum Gasteiger partial charge on any atom is -0.348 e. The maximum absolute atomic E-state index is 12.5. The largest absolute Gasteiger partial charge is 0.348 e. The van der Waals surface area contributed by atoms with Gasteiger partial charge >= 0.3 is 0 Å². The van der Waals surface area contributed by atoms with Crippen LogP contribution in [0.4, 0.5) is 0 Å². The molecule has 0 unspecified atom stereocenters. The maximum Gasteiger partial charge on any atom is 0.253 e. The van der Waals surface area contributed by atoms with E-state index in [1.54, 1.807) is 31.2 Å². The molecule has 3 N–H and O–H groups in total. The summed E-state index contributed by atoms with van der Waals surface area (Å²) in [4.78, 5) is 41.7. The molecule has 0 fully saturated rings. The third-order valence-corrected chi connectivity index (χ3v) is 3.91. The van der Waals surface area contributed by atoms with Gasteiger partial charge in [0, 0.05) is 34.8 Å². The van der Waals surface area contributed by atoms with E-state index in [1.807, 2.05) is 13.0 Å². The van der Waals surface area contributed by atoms with Gasteiger partial charge in [0.05, 0.1) is 5.56 Å². The minimum absolute atomic E-state index is 0.0986. The third kappa shape index (κ3) is 2.99. The summed E-state index contributed by atoms with van der Waals surface area (Å²) in [5.74, 6) is -0.392. The first-order valence-corrected chi connectivity index (χ1v) is 7.55. The van der Waals surface area contributed by atoms with Crippen LogP contribution >= 0.6 is 0 Å². The lowest BCUT2D eigenvalue weighted by molar-refractivity contribution is 0.0952. The lowest BCUT2D eigenvalue weighted by atomic mass is 10.1. The van der Waals surface area contributed by atoms with E-state index in [1.165, 1.54) is 6.07 Å². The summed E-state index contributed by atoms with van der Waals surface area (Å²) in [6.45, 7) is 3.73. The number of hydrogen-bond acceptors (Lipinski definition) is 3. The van der Waals surface area contributed by atoms with Crippen molar-refractivity contribution in [1.29, 1.82) is 0 Å². The number of amides is 1. The molecule has 0 radical (unpaired) electrons. The molecule has 2 heterocycles. The average Bonchev–Trinajstić information content (AvgIpc) is 2.52. The summed E-state index contributed by atoms with van der Waals surface area (Å²) < 4.78 is 0. The Morgan fingerprint density at radius 3 is 2.58 bits per heavy atom. The van der Waals surface area contributed by atoms with Crippen molar-refractivity contribution in [1.82, 2.24) is 15.3 Å². The van der Waals surface area contributed by atoms with Crippen LogP contribution in [0.1, 0.15) is 27.2 Å². The van der Waals surface area contributed by atoms with Crippen molar-refractivity contribution in [2.24, 2.45) is 0 Å². The molecule has 6 nitrogen and oxygen atoms in total. The zero-order chi connectivity index (χ0) is 17.3. The zero-order valence-electron chi connectivity index (χ0n) is 13.4. The molecule has 0 aliphatic heterocycles. The molecule has 0 saturated carbocycles. The lowest BCUT2D eigenvalue weighted by Crippen LogP contribution is -2.28. The number of hydrogen-bond donors (Lipinski definition) is 3. The predicted octanol–water partition coefficient (Wildman–Crippen LogP) is 1.76. The van der Waals surface area contributed by atoms with Gasteiger partial charge in [-0.1, -0.05) is 18.2 Å². The number of benzene rings is 1. The van der Waals surface area contributed by atoms with E-state index in [0.29, 0.717) is 16.5 Å². The van der Waals surface area contributed by atoms with Crippen LogP contribution in [-0.2, 0) is 6.54 Å². The predicted molar refractivity (Wildman–Crippen MR) is 92.3 cm³/mol. The molecule has 24 heavy (non-hydrogen) atoms. The topological polar surface area (TPSA) is 94.8 Å². The zero-order valence-corrected chi connectivity index (χ0v) is 13.4. The van der Waals surface area contributed by atoms with Crippen LogP contribution in [0.15, 0.2) is 46.0 Å². The fourth-order valence-electron chi connectivity index (χ4n) is 2.76. The van der Waals surface area contributed by atoms with Crippen LogP contribution in [0.2, 0.25) is 0 Å². The molecular formula is C18H17N3O3. The van der Waals surface area contributed by atoms with Crippen LogP contribution in [0.5, 0.6) is 0 Å². The van der Waals surface area contributed by atoms with E-state index in [4.69, 9.17) is 0 Å². The van der Waals surface area contributed by atoms with Gasteiger partial charge in [0.1, 0.15) is 0 Å². The van der Waals surface area contributed by atoms with Crippen LogP contribution < -0.4 is 16.4 Å². The standard InChI is InChI=1S/C18H17N3O3/c1-10-7-11(2)20-18(24)14(10)9-19-17(23)13-8-16(22)21-15-6-4-3-5-12(13)15/h3-8H,9H2,1-2H3,(H,19,23)(H,20,24)(H,21,22). The molecule has 0 bridgehead atoms. The number of H-pyrrole nitrogens is 2. The highest BCUT2D eigenvalue weighted by atomic mass is 16.2. The number of aromatic nitrogens is 2. The van der Waals surface area contributed by atoms with Crippen molar-refractivity contribution < 1.29 is 4.79 Å². The highest BCUT2D eigenvalue weighted by molar-refractivity contribution is 6.05. The molecular weight excluding hydrogens is 306 g/mol. The normalized spacial score (nSPS) is 10.8. The molecule has 0 saturated heterocycles. The van der Waals surface area contributed by atoms with Gasteiger partial charge in [-0.2, -0.15) is 0 Å². The number of fused-ring (bicyclic) bond motifs is 1. The van der Waals surface area contributed by atoms with E-state index in [9.17, 15) is 14.4 Å². The van der Waals surface area contributed by atoms with Gasteiger partial charge in [0.25, 0.3) is 11.5 Å². The van der Waals surface area contributed by atoms with Crippen LogP contribution in [0.3, 0.4) is 0 Å². The number of rotatable bonds is 3. The van der Waals surface area contributed by atoms with E-state index >= 15 is 0 Å². The Balaban J connectivity index is 1.92. The highest BCUT2D eigenvalue weighted by Crippen LogP contribution is 2.14. The molecule has 122 valence electrons. The Kier molecular flexibility index (Phi) is 4.04. The third-order valence-electron chi connectivity index (χ3n) is 3.91. The molecule has 1 amide bonds. The monoisotopic (exact) mass is 323 g/mol. The van der Waals surface area contributed by atoms with Crippen LogP contribution in [-0.4, -0.2) is 15.9 Å². The number of para-hydroxylation sites is 1. The molecule has 0 aliphatic rings. The molecule has 2 aromatic heterocycles. The number of aryl methyl sites for hydroxylation is 2. The van der Waals surface area contributed by atoms with E-state index in [0.717, 1.165) is 11.3 Å². The van der Waals surface area contributed by atoms with E-state index in [-0.39, 0.29) is 23.2 Å². The summed E-state index contributed by atoms with van der Waals surface area (Å²) in [7, 11) is 0. The Bertz CT molecular complexity index is 1050. The van der Waals surface area contributed by atoms with E-state index < -0.39 is 5.91 Å². The Labute approximate surface area is 137 Å². The van der Waals surface area contributed by atoms with Gasteiger partial charge in [-0.3, -0.25) is 14.4 Å². The smallest absolute Gasteiger partial charge is 0.253 e. The van der Waals surface area contributed by atoms with Gasteiger partial charge in [0.15, 0.2) is 0 Å². The quantitative estimate of drug-likeness (QED) is 0.685. The second-order valence-electron chi connectivity index (χ2n) is 5.72. The molecule has 0 aliphatic carbocycles. The summed E-state index contributed by atoms with van der Waals surface area (Å²) in [6, 6.07) is 10.2. The maximum atomic E-state index is 12.5. The molecule has 3 aromatic rings. The summed E-state index contributed by atoms with van der Waals surface area (Å²) in [6.07, 6.45) is 0. The molecule has 3 rings (SSSR count). The van der Waals surface area contributed by atoms with Gasteiger partial charge in [-0.05, 0) is 31.5 Å². The fraction of sp³-hybridized carbons (Fsp3) is 0.167. The fourth-order valence-corrected chi connectivity index (χ4v) is 2.76. The highest BCUT2D eigenvalue weighted by Gasteiger charge is 2.13. The number of carbonyl (C=O) groups is 1. The SMILES string of the molecule is Cc1cc(C)c(CNC(=O)c2cc(=O)[nH]c3ccccc23)c(=O)[nH]1. The van der Waals surface area contributed by atoms with Crippen molar-refractivity contribution >= 4 is 16.8 Å². The second kappa shape index (κ2) is 6.16. The Morgan fingerprint density at radius 1 is 1.08 bits per heavy atom. The molecule has 1 aromatic carbocycles. The summed E-state index contributed by atoms with van der Waals surface area (Å²) >= 11 is 0. The Morgan fingerprint density at radius 2 is 1.83 bits per heavy atom. The summed E-state index contributed by atoms with van der Waals surface area (Å²) in [5, 5.41) is 3.38. The Hall–Kier alpha value is -3.15. The first kappa shape index (κ1) is 15.7. The van der Waals surface area contributed by atoms with E-state index in [2.05, 4.69) is 15.3 Å². The molecule has 0 spiro atoms. The minimum atomic E-state index is -0.392. The van der Waals surface area contributed by atoms with Crippen LogP contribution in [0.25, 0.3) is 10.9 Å². The van der Waals surface area contributed by atoms with Crippen molar-refractivity contribution in [2.75, 3.05) is 0 Å². The first-order chi connectivity index (χ1) is 11.5. The molecule has 0 atom stereocenters. The van der Waals surface area contributed by atoms with Crippen LogP contribution in [0, 0.1) is 13.8 Å². The van der Waals surface area contributed by atoms with Crippen molar-refractivity contribution in [3.05, 3.63) is 79.5 Å². The second-order valence-corrected chi connectivity index (χ2v) is 5.72. The number of aromatic amines is 2. The van der Waals surface area contributed by atoms with Gasteiger partial charge < -0.3 is 15.3 Å². The van der Waals surface area contributed by atoms with Gasteiger partial charge in [0.2, 0.25) is 5.56 Å².